The minimum absolute atomic E-state index is 0.154. The van der Waals surface area contributed by atoms with E-state index in [1.807, 2.05) is 54.6 Å². The van der Waals surface area contributed by atoms with Crippen LogP contribution in [0, 0.1) is 0 Å². The van der Waals surface area contributed by atoms with Gasteiger partial charge in [-0.15, -0.1) is 6.58 Å². The van der Waals surface area contributed by atoms with Gasteiger partial charge in [-0.2, -0.15) is 0 Å². The zero-order chi connectivity index (χ0) is 15.8. The molecule has 0 aliphatic rings. The van der Waals surface area contributed by atoms with E-state index in [0.29, 0.717) is 6.42 Å². The molecule has 0 unspecified atom stereocenters. The first-order valence-corrected chi connectivity index (χ1v) is 7.82. The average molecular weight is 360 g/mol. The standard InChI is InChI=1S/C18H18BrNO2/c1-2-7-17(15-10-6-11-16(19)12-15)20-18(21)22-13-14-8-4-3-5-9-14/h2-6,8-12,17H,1,7,13H2,(H,20,21)/t17-/m0/s1. The average Bonchev–Trinajstić information content (AvgIpc) is 2.53. The van der Waals surface area contributed by atoms with Crippen molar-refractivity contribution in [3.63, 3.8) is 0 Å². The molecule has 114 valence electrons. The van der Waals surface area contributed by atoms with Crippen LogP contribution in [0.1, 0.15) is 23.6 Å². The Morgan fingerprint density at radius 3 is 2.68 bits per heavy atom. The Hall–Kier alpha value is -2.07. The number of ether oxygens (including phenoxy) is 1. The van der Waals surface area contributed by atoms with E-state index in [1.54, 1.807) is 6.08 Å². The van der Waals surface area contributed by atoms with Gasteiger partial charge in [0.1, 0.15) is 6.61 Å². The maximum absolute atomic E-state index is 12.0. The molecule has 4 heteroatoms. The molecular formula is C18H18BrNO2. The van der Waals surface area contributed by atoms with Gasteiger partial charge in [-0.3, -0.25) is 0 Å². The summed E-state index contributed by atoms with van der Waals surface area (Å²) in [6, 6.07) is 17.3. The quantitative estimate of drug-likeness (QED) is 0.737. The van der Waals surface area contributed by atoms with Crippen LogP contribution in [0.2, 0.25) is 0 Å². The highest BCUT2D eigenvalue weighted by atomic mass is 79.9. The monoisotopic (exact) mass is 359 g/mol. The molecule has 0 aliphatic carbocycles. The minimum Gasteiger partial charge on any atom is -0.445 e. The fraction of sp³-hybridized carbons (Fsp3) is 0.167. The summed E-state index contributed by atoms with van der Waals surface area (Å²) in [4.78, 5) is 12.0. The van der Waals surface area contributed by atoms with Crippen LogP contribution in [0.5, 0.6) is 0 Å². The first kappa shape index (κ1) is 16.3. The van der Waals surface area contributed by atoms with E-state index >= 15 is 0 Å². The Morgan fingerprint density at radius 1 is 1.23 bits per heavy atom. The van der Waals surface area contributed by atoms with Gasteiger partial charge in [0.05, 0.1) is 6.04 Å². The van der Waals surface area contributed by atoms with Crippen molar-refractivity contribution >= 4 is 22.0 Å². The number of carbonyl (C=O) groups excluding carboxylic acids is 1. The van der Waals surface area contributed by atoms with Crippen molar-refractivity contribution in [1.82, 2.24) is 5.32 Å². The third-order valence-corrected chi connectivity index (χ3v) is 3.65. The lowest BCUT2D eigenvalue weighted by Crippen LogP contribution is -2.28. The number of carbonyl (C=O) groups is 1. The van der Waals surface area contributed by atoms with Gasteiger partial charge in [0.25, 0.3) is 0 Å². The van der Waals surface area contributed by atoms with E-state index in [1.165, 1.54) is 0 Å². The molecule has 0 heterocycles. The number of benzene rings is 2. The Balaban J connectivity index is 1.95. The van der Waals surface area contributed by atoms with E-state index in [0.717, 1.165) is 15.6 Å². The molecule has 0 radical (unpaired) electrons. The highest BCUT2D eigenvalue weighted by Gasteiger charge is 2.14. The lowest BCUT2D eigenvalue weighted by atomic mass is 10.0. The van der Waals surface area contributed by atoms with Gasteiger partial charge in [-0.1, -0.05) is 64.5 Å². The maximum Gasteiger partial charge on any atom is 0.407 e. The van der Waals surface area contributed by atoms with Gasteiger partial charge in [-0.05, 0) is 29.7 Å². The second-order valence-corrected chi connectivity index (χ2v) is 5.75. The van der Waals surface area contributed by atoms with Gasteiger partial charge < -0.3 is 10.1 Å². The Kier molecular flexibility index (Phi) is 6.22. The zero-order valence-corrected chi connectivity index (χ0v) is 13.8. The number of amides is 1. The number of hydrogen-bond donors (Lipinski definition) is 1. The molecule has 2 rings (SSSR count). The summed E-state index contributed by atoms with van der Waals surface area (Å²) in [6.45, 7) is 4.00. The zero-order valence-electron chi connectivity index (χ0n) is 12.2. The van der Waals surface area contributed by atoms with E-state index in [9.17, 15) is 4.79 Å². The summed E-state index contributed by atoms with van der Waals surface area (Å²) in [5.41, 5.74) is 1.96. The van der Waals surface area contributed by atoms with Gasteiger partial charge in [0.2, 0.25) is 0 Å². The van der Waals surface area contributed by atoms with Gasteiger partial charge >= 0.3 is 6.09 Å². The number of halogens is 1. The highest BCUT2D eigenvalue weighted by molar-refractivity contribution is 9.10. The number of nitrogens with one attached hydrogen (secondary N) is 1. The molecule has 1 N–H and O–H groups in total. The fourth-order valence-electron chi connectivity index (χ4n) is 2.08. The van der Waals surface area contributed by atoms with Gasteiger partial charge in [0, 0.05) is 4.47 Å². The minimum atomic E-state index is -0.435. The molecule has 0 aliphatic heterocycles. The normalized spacial score (nSPS) is 11.5. The van der Waals surface area contributed by atoms with Crippen LogP contribution in [0.25, 0.3) is 0 Å². The Morgan fingerprint density at radius 2 is 2.00 bits per heavy atom. The predicted molar refractivity (Wildman–Crippen MR) is 91.5 cm³/mol. The summed E-state index contributed by atoms with van der Waals surface area (Å²) in [5, 5.41) is 2.88. The lowest BCUT2D eigenvalue weighted by molar-refractivity contribution is 0.135. The van der Waals surface area contributed by atoms with Crippen LogP contribution in [-0.2, 0) is 11.3 Å². The summed E-state index contributed by atoms with van der Waals surface area (Å²) in [5.74, 6) is 0. The molecular weight excluding hydrogens is 342 g/mol. The predicted octanol–water partition coefficient (Wildman–Crippen LogP) is 4.99. The van der Waals surface area contributed by atoms with Crippen molar-refractivity contribution in [3.8, 4) is 0 Å². The largest absolute Gasteiger partial charge is 0.445 e. The fourth-order valence-corrected chi connectivity index (χ4v) is 2.49. The molecule has 0 aromatic heterocycles. The molecule has 0 saturated heterocycles. The molecule has 1 atom stereocenters. The SMILES string of the molecule is C=CC[C@H](NC(=O)OCc1ccccc1)c1cccc(Br)c1. The molecule has 0 spiro atoms. The molecule has 2 aromatic carbocycles. The summed E-state index contributed by atoms with van der Waals surface area (Å²) in [7, 11) is 0. The Bertz CT molecular complexity index is 628. The van der Waals surface area contributed by atoms with Gasteiger partial charge in [0.15, 0.2) is 0 Å². The van der Waals surface area contributed by atoms with E-state index < -0.39 is 6.09 Å². The van der Waals surface area contributed by atoms with E-state index in [-0.39, 0.29) is 12.6 Å². The summed E-state index contributed by atoms with van der Waals surface area (Å²) in [6.07, 6.45) is 1.98. The van der Waals surface area contributed by atoms with Crippen LogP contribution < -0.4 is 5.32 Å². The molecule has 2 aromatic rings. The van der Waals surface area contributed by atoms with Gasteiger partial charge in [-0.25, -0.2) is 4.79 Å². The van der Waals surface area contributed by atoms with Crippen molar-refractivity contribution in [2.75, 3.05) is 0 Å². The van der Waals surface area contributed by atoms with Crippen LogP contribution in [0.4, 0.5) is 4.79 Å². The molecule has 1 amide bonds. The topological polar surface area (TPSA) is 38.3 Å². The molecule has 0 bridgehead atoms. The summed E-state index contributed by atoms with van der Waals surface area (Å²) >= 11 is 3.44. The second-order valence-electron chi connectivity index (χ2n) is 4.84. The Labute approximate surface area is 139 Å². The first-order valence-electron chi connectivity index (χ1n) is 7.02. The van der Waals surface area contributed by atoms with E-state index in [2.05, 4.69) is 27.8 Å². The maximum atomic E-state index is 12.0. The molecule has 3 nitrogen and oxygen atoms in total. The molecule has 22 heavy (non-hydrogen) atoms. The van der Waals surface area contributed by atoms with Crippen LogP contribution in [0.15, 0.2) is 71.7 Å². The molecule has 0 fully saturated rings. The number of alkyl carbamates (subject to hydrolysis) is 1. The third kappa shape index (κ3) is 5.04. The summed E-state index contributed by atoms with van der Waals surface area (Å²) < 4.78 is 6.23. The van der Waals surface area contributed by atoms with Crippen molar-refractivity contribution in [3.05, 3.63) is 82.9 Å². The van der Waals surface area contributed by atoms with Crippen LogP contribution in [0.3, 0.4) is 0 Å². The first-order chi connectivity index (χ1) is 10.7. The number of rotatable bonds is 6. The third-order valence-electron chi connectivity index (χ3n) is 3.16. The lowest BCUT2D eigenvalue weighted by Gasteiger charge is -2.18. The van der Waals surface area contributed by atoms with Crippen LogP contribution >= 0.6 is 15.9 Å². The smallest absolute Gasteiger partial charge is 0.407 e. The van der Waals surface area contributed by atoms with Crippen molar-refractivity contribution < 1.29 is 9.53 Å². The van der Waals surface area contributed by atoms with Crippen molar-refractivity contribution in [1.29, 1.82) is 0 Å². The van der Waals surface area contributed by atoms with Crippen molar-refractivity contribution in [2.24, 2.45) is 0 Å². The van der Waals surface area contributed by atoms with E-state index in [4.69, 9.17) is 4.74 Å². The number of hydrogen-bond acceptors (Lipinski definition) is 2. The second kappa shape index (κ2) is 8.39. The van der Waals surface area contributed by atoms with Crippen LogP contribution in [-0.4, -0.2) is 6.09 Å². The molecule has 0 saturated carbocycles. The highest BCUT2D eigenvalue weighted by Crippen LogP contribution is 2.21. The van der Waals surface area contributed by atoms with Crippen molar-refractivity contribution in [2.45, 2.75) is 19.1 Å².